The van der Waals surface area contributed by atoms with Gasteiger partial charge in [0, 0.05) is 38.9 Å². The second-order valence-electron chi connectivity index (χ2n) is 4.03. The molecule has 1 fully saturated rings. The Bertz CT molecular complexity index is 169. The van der Waals surface area contributed by atoms with Crippen LogP contribution in [0.25, 0.3) is 0 Å². The molecule has 0 aromatic carbocycles. The third-order valence-electron chi connectivity index (χ3n) is 2.73. The van der Waals surface area contributed by atoms with Crippen molar-refractivity contribution < 1.29 is 66.0 Å². The summed E-state index contributed by atoms with van der Waals surface area (Å²) < 4.78 is 10.4. The Morgan fingerprint density at radius 2 is 1.82 bits per heavy atom. The molecule has 0 aliphatic carbocycles. The van der Waals surface area contributed by atoms with Gasteiger partial charge in [0.1, 0.15) is 0 Å². The zero-order chi connectivity index (χ0) is 11.6. The third-order valence-corrected chi connectivity index (χ3v) is 2.73. The van der Waals surface area contributed by atoms with Gasteiger partial charge in [-0.25, -0.2) is 0 Å². The summed E-state index contributed by atoms with van der Waals surface area (Å²) in [6.07, 6.45) is 1.07. The number of hydrogen-bond donors (Lipinski definition) is 1. The van der Waals surface area contributed by atoms with Crippen LogP contribution < -0.4 is 61.8 Å². The van der Waals surface area contributed by atoms with E-state index in [9.17, 15) is 5.11 Å². The second-order valence-corrected chi connectivity index (χ2v) is 4.03. The molecule has 0 spiro atoms. The minimum absolute atomic E-state index is 0. The molecule has 0 radical (unpaired) electrons. The van der Waals surface area contributed by atoms with Gasteiger partial charge < -0.3 is 24.8 Å². The average molecular weight is 270 g/mol. The van der Waals surface area contributed by atoms with Gasteiger partial charge in [-0.1, -0.05) is 0 Å². The van der Waals surface area contributed by atoms with Crippen molar-refractivity contribution in [3.63, 3.8) is 0 Å². The Morgan fingerprint density at radius 3 is 2.41 bits per heavy atom. The Labute approximate surface area is 147 Å². The summed E-state index contributed by atoms with van der Waals surface area (Å²) >= 11 is 0. The van der Waals surface area contributed by atoms with E-state index in [4.69, 9.17) is 9.47 Å². The predicted octanol–water partition coefficient (Wildman–Crippen LogP) is -4.32. The van der Waals surface area contributed by atoms with E-state index in [1.54, 1.807) is 0 Å². The van der Waals surface area contributed by atoms with E-state index in [-0.39, 0.29) is 58.0 Å². The van der Waals surface area contributed by atoms with E-state index in [0.29, 0.717) is 25.9 Å². The molecule has 1 aliphatic rings. The molecule has 0 aromatic heterocycles. The molecule has 5 nitrogen and oxygen atoms in total. The van der Waals surface area contributed by atoms with Crippen LogP contribution >= 0.6 is 0 Å². The molecule has 1 saturated heterocycles. The zero-order valence-corrected chi connectivity index (χ0v) is 14.2. The van der Waals surface area contributed by atoms with Crippen LogP contribution in [0.15, 0.2) is 0 Å². The van der Waals surface area contributed by atoms with Crippen LogP contribution in [0.5, 0.6) is 0 Å². The first-order chi connectivity index (χ1) is 7.86. The molecule has 96 valence electrons. The molecule has 0 bridgehead atoms. The van der Waals surface area contributed by atoms with E-state index >= 15 is 0 Å². The Balaban J connectivity index is 0.00000256. The minimum Gasteiger partial charge on any atom is -0.853 e. The van der Waals surface area contributed by atoms with Crippen LogP contribution in [0.1, 0.15) is 6.42 Å². The molecule has 0 atom stereocenters. The van der Waals surface area contributed by atoms with Crippen molar-refractivity contribution in [1.29, 1.82) is 0 Å². The summed E-state index contributed by atoms with van der Waals surface area (Å²) in [5.74, 6) is 0. The summed E-state index contributed by atoms with van der Waals surface area (Å²) in [4.78, 5) is 2.42. The predicted molar refractivity (Wildman–Crippen MR) is 60.4 cm³/mol. The molecular formula is C11H23KN2O3. The maximum Gasteiger partial charge on any atom is 1.00 e. The van der Waals surface area contributed by atoms with Crippen LogP contribution in [-0.4, -0.2) is 70.7 Å². The first kappa shape index (κ1) is 18.4. The van der Waals surface area contributed by atoms with E-state index in [0.717, 1.165) is 32.7 Å². The summed E-state index contributed by atoms with van der Waals surface area (Å²) in [5.41, 5.74) is 0. The van der Waals surface area contributed by atoms with Crippen molar-refractivity contribution in [3.05, 3.63) is 0 Å². The van der Waals surface area contributed by atoms with Crippen molar-refractivity contribution in [2.24, 2.45) is 0 Å². The van der Waals surface area contributed by atoms with E-state index in [1.165, 1.54) is 0 Å². The van der Waals surface area contributed by atoms with Gasteiger partial charge in [0.05, 0.1) is 13.2 Å². The fourth-order valence-electron chi connectivity index (χ4n) is 1.71. The fraction of sp³-hybridized carbons (Fsp3) is 1.00. The van der Waals surface area contributed by atoms with E-state index < -0.39 is 0 Å². The van der Waals surface area contributed by atoms with Crippen molar-refractivity contribution in [3.8, 4) is 0 Å². The molecule has 1 heterocycles. The van der Waals surface area contributed by atoms with Crippen LogP contribution in [0, 0.1) is 0 Å². The van der Waals surface area contributed by atoms with Gasteiger partial charge in [-0.2, -0.15) is 0 Å². The summed E-state index contributed by atoms with van der Waals surface area (Å²) in [6.45, 7) is 5.46. The Kier molecular flexibility index (Phi) is 13.5. The zero-order valence-electron chi connectivity index (χ0n) is 11.1. The van der Waals surface area contributed by atoms with Crippen LogP contribution in [0.3, 0.4) is 0 Å². The van der Waals surface area contributed by atoms with Gasteiger partial charge in [0.25, 0.3) is 0 Å². The van der Waals surface area contributed by atoms with Gasteiger partial charge in [-0.3, -0.25) is 0 Å². The molecule has 0 saturated carbocycles. The molecule has 1 rings (SSSR count). The number of nitrogens with zero attached hydrogens (tertiary/aromatic N) is 1. The van der Waals surface area contributed by atoms with Crippen molar-refractivity contribution in [2.45, 2.75) is 12.5 Å². The Morgan fingerprint density at radius 1 is 1.18 bits per heavy atom. The standard InChI is InChI=1S/C11H23N2O3.K/c1-12-11-9-13(10-11)3-2-5-15-7-8-16-6-4-14;/h11-12H,2-10H2,1H3;/q-1;+1. The minimum atomic E-state index is -0.165. The SMILES string of the molecule is CNC1CN(CCCOCCOCC[O-])C1.[K+]. The summed E-state index contributed by atoms with van der Waals surface area (Å²) in [6, 6.07) is 0.682. The van der Waals surface area contributed by atoms with Crippen LogP contribution in [0.2, 0.25) is 0 Å². The van der Waals surface area contributed by atoms with Crippen molar-refractivity contribution in [1.82, 2.24) is 10.2 Å². The number of ether oxygens (including phenoxy) is 2. The van der Waals surface area contributed by atoms with Crippen LogP contribution in [-0.2, 0) is 9.47 Å². The molecule has 1 aliphatic heterocycles. The summed E-state index contributed by atoms with van der Waals surface area (Å²) in [7, 11) is 2.01. The third kappa shape index (κ3) is 9.04. The Hall–Kier alpha value is 1.44. The molecule has 1 N–H and O–H groups in total. The topological polar surface area (TPSA) is 56.8 Å². The van der Waals surface area contributed by atoms with Crippen molar-refractivity contribution in [2.75, 3.05) is 59.7 Å². The van der Waals surface area contributed by atoms with Gasteiger partial charge in [0.2, 0.25) is 0 Å². The number of rotatable bonds is 10. The first-order valence-electron chi connectivity index (χ1n) is 6.00. The molecule has 6 heteroatoms. The van der Waals surface area contributed by atoms with E-state index in [2.05, 4.69) is 10.2 Å². The van der Waals surface area contributed by atoms with Crippen LogP contribution in [0.4, 0.5) is 0 Å². The number of likely N-dealkylation sites (tertiary alicyclic amines) is 1. The molecular weight excluding hydrogens is 247 g/mol. The average Bonchev–Trinajstić information content (AvgIpc) is 2.24. The molecule has 0 amide bonds. The maximum atomic E-state index is 10.1. The van der Waals surface area contributed by atoms with Gasteiger partial charge in [0.15, 0.2) is 0 Å². The molecule has 0 unspecified atom stereocenters. The molecule has 0 aromatic rings. The second kappa shape index (κ2) is 12.5. The molecule has 17 heavy (non-hydrogen) atoms. The summed E-state index contributed by atoms with van der Waals surface area (Å²) in [5, 5.41) is 13.3. The largest absolute Gasteiger partial charge is 1.00 e. The quantitative estimate of drug-likeness (QED) is 0.321. The smallest absolute Gasteiger partial charge is 0.853 e. The number of nitrogens with one attached hydrogen (secondary N) is 1. The van der Waals surface area contributed by atoms with E-state index in [1.807, 2.05) is 7.05 Å². The normalized spacial score (nSPS) is 16.6. The van der Waals surface area contributed by atoms with Gasteiger partial charge >= 0.3 is 51.4 Å². The van der Waals surface area contributed by atoms with Gasteiger partial charge in [-0.15, -0.1) is 6.61 Å². The fourth-order valence-corrected chi connectivity index (χ4v) is 1.71. The van der Waals surface area contributed by atoms with Crippen molar-refractivity contribution >= 4 is 0 Å². The maximum absolute atomic E-state index is 10.1. The number of likely N-dealkylation sites (N-methyl/N-ethyl adjacent to an activating group) is 1. The number of hydrogen-bond acceptors (Lipinski definition) is 5. The van der Waals surface area contributed by atoms with Gasteiger partial charge in [-0.05, 0) is 13.5 Å². The monoisotopic (exact) mass is 270 g/mol. The first-order valence-corrected chi connectivity index (χ1v) is 6.00.